The summed E-state index contributed by atoms with van der Waals surface area (Å²) < 4.78 is 0. The molecular formula is C19H24N2O. The predicted octanol–water partition coefficient (Wildman–Crippen LogP) is 3.46. The van der Waals surface area contributed by atoms with Crippen molar-refractivity contribution in [2.24, 2.45) is 11.7 Å². The van der Waals surface area contributed by atoms with Gasteiger partial charge in [-0.05, 0) is 29.5 Å². The molecule has 3 N–H and O–H groups in total. The number of nitrogens with two attached hydrogens (primary N) is 1. The smallest absolute Gasteiger partial charge is 0.252 e. The van der Waals surface area contributed by atoms with Crippen LogP contribution in [0.2, 0.25) is 0 Å². The van der Waals surface area contributed by atoms with Gasteiger partial charge in [-0.2, -0.15) is 0 Å². The van der Waals surface area contributed by atoms with Crippen molar-refractivity contribution in [3.8, 4) is 11.1 Å². The van der Waals surface area contributed by atoms with Crippen molar-refractivity contribution in [3.05, 3.63) is 60.2 Å². The van der Waals surface area contributed by atoms with Gasteiger partial charge in [-0.25, -0.2) is 0 Å². The molecule has 2 rings (SSSR count). The van der Waals surface area contributed by atoms with Crippen LogP contribution in [0.3, 0.4) is 0 Å². The van der Waals surface area contributed by atoms with Gasteiger partial charge in [0.05, 0.1) is 0 Å². The first-order chi connectivity index (χ1) is 10.6. The lowest BCUT2D eigenvalue weighted by Crippen LogP contribution is -2.41. The molecule has 0 saturated heterocycles. The van der Waals surface area contributed by atoms with E-state index in [9.17, 15) is 4.79 Å². The number of hydrogen-bond acceptors (Lipinski definition) is 2. The maximum Gasteiger partial charge on any atom is 0.252 e. The van der Waals surface area contributed by atoms with Crippen LogP contribution in [0.5, 0.6) is 0 Å². The molecule has 0 bridgehead atoms. The third kappa shape index (κ3) is 4.18. The molecule has 0 spiro atoms. The van der Waals surface area contributed by atoms with Gasteiger partial charge in [0.2, 0.25) is 0 Å². The Hall–Kier alpha value is -2.13. The van der Waals surface area contributed by atoms with E-state index < -0.39 is 0 Å². The Morgan fingerprint density at radius 2 is 1.68 bits per heavy atom. The lowest BCUT2D eigenvalue weighted by molar-refractivity contribution is 0.0934. The van der Waals surface area contributed by atoms with E-state index in [1.807, 2.05) is 54.6 Å². The zero-order chi connectivity index (χ0) is 15.9. The Bertz CT molecular complexity index is 608. The molecule has 2 aromatic carbocycles. The van der Waals surface area contributed by atoms with Crippen LogP contribution in [-0.4, -0.2) is 18.5 Å². The monoisotopic (exact) mass is 296 g/mol. The highest BCUT2D eigenvalue weighted by atomic mass is 16.1. The van der Waals surface area contributed by atoms with Crippen LogP contribution in [0.25, 0.3) is 11.1 Å². The van der Waals surface area contributed by atoms with Crippen LogP contribution < -0.4 is 11.1 Å². The first-order valence-electron chi connectivity index (χ1n) is 7.77. The fourth-order valence-electron chi connectivity index (χ4n) is 2.60. The molecule has 2 aromatic rings. The number of carbonyl (C=O) groups is 1. The van der Waals surface area contributed by atoms with Crippen LogP contribution in [-0.2, 0) is 0 Å². The first-order valence-corrected chi connectivity index (χ1v) is 7.77. The second kappa shape index (κ2) is 7.76. The van der Waals surface area contributed by atoms with E-state index in [-0.39, 0.29) is 11.9 Å². The van der Waals surface area contributed by atoms with Gasteiger partial charge in [0, 0.05) is 18.2 Å². The van der Waals surface area contributed by atoms with Gasteiger partial charge in [-0.1, -0.05) is 62.4 Å². The summed E-state index contributed by atoms with van der Waals surface area (Å²) in [5.74, 6) is 0.439. The van der Waals surface area contributed by atoms with Gasteiger partial charge >= 0.3 is 0 Å². The highest BCUT2D eigenvalue weighted by molar-refractivity contribution is 6.01. The SMILES string of the molecule is CC(C)C[C@@H](CN)NC(=O)c1ccccc1-c1ccccc1. The number of carbonyl (C=O) groups excluding carboxylic acids is 1. The van der Waals surface area contributed by atoms with Crippen molar-refractivity contribution in [2.45, 2.75) is 26.3 Å². The van der Waals surface area contributed by atoms with Crippen LogP contribution in [0.4, 0.5) is 0 Å². The summed E-state index contributed by atoms with van der Waals surface area (Å²) in [6, 6.07) is 17.6. The Labute approximate surface area is 132 Å². The van der Waals surface area contributed by atoms with E-state index in [2.05, 4.69) is 19.2 Å². The van der Waals surface area contributed by atoms with Crippen LogP contribution in [0.1, 0.15) is 30.6 Å². The number of hydrogen-bond donors (Lipinski definition) is 2. The van der Waals surface area contributed by atoms with Gasteiger partial charge in [-0.3, -0.25) is 4.79 Å². The van der Waals surface area contributed by atoms with Crippen molar-refractivity contribution in [3.63, 3.8) is 0 Å². The minimum Gasteiger partial charge on any atom is -0.348 e. The Balaban J connectivity index is 2.23. The zero-order valence-electron chi connectivity index (χ0n) is 13.3. The summed E-state index contributed by atoms with van der Waals surface area (Å²) >= 11 is 0. The summed E-state index contributed by atoms with van der Waals surface area (Å²) in [4.78, 5) is 12.6. The maximum absolute atomic E-state index is 12.6. The summed E-state index contributed by atoms with van der Waals surface area (Å²) in [6.45, 7) is 4.72. The largest absolute Gasteiger partial charge is 0.348 e. The molecule has 1 atom stereocenters. The number of amides is 1. The highest BCUT2D eigenvalue weighted by Crippen LogP contribution is 2.23. The van der Waals surface area contributed by atoms with Gasteiger partial charge in [-0.15, -0.1) is 0 Å². The lowest BCUT2D eigenvalue weighted by atomic mass is 9.98. The Kier molecular flexibility index (Phi) is 5.73. The van der Waals surface area contributed by atoms with Crippen molar-refractivity contribution in [1.82, 2.24) is 5.32 Å². The molecule has 0 saturated carbocycles. The van der Waals surface area contributed by atoms with E-state index >= 15 is 0 Å². The van der Waals surface area contributed by atoms with E-state index in [0.29, 0.717) is 18.0 Å². The summed E-state index contributed by atoms with van der Waals surface area (Å²) in [7, 11) is 0. The topological polar surface area (TPSA) is 55.1 Å². The molecule has 1 amide bonds. The lowest BCUT2D eigenvalue weighted by Gasteiger charge is -2.20. The van der Waals surface area contributed by atoms with Gasteiger partial charge in [0.15, 0.2) is 0 Å². The third-order valence-electron chi connectivity index (χ3n) is 3.63. The molecule has 0 unspecified atom stereocenters. The molecule has 0 aliphatic rings. The molecule has 0 heterocycles. The normalized spacial score (nSPS) is 12.2. The molecule has 0 fully saturated rings. The molecule has 3 nitrogen and oxygen atoms in total. The fourth-order valence-corrected chi connectivity index (χ4v) is 2.60. The number of benzene rings is 2. The minimum absolute atomic E-state index is 0.0105. The second-order valence-corrected chi connectivity index (χ2v) is 5.95. The molecule has 116 valence electrons. The Morgan fingerprint density at radius 3 is 2.32 bits per heavy atom. The summed E-state index contributed by atoms with van der Waals surface area (Å²) in [6.07, 6.45) is 0.885. The average Bonchev–Trinajstić information content (AvgIpc) is 2.54. The maximum atomic E-state index is 12.6. The molecular weight excluding hydrogens is 272 g/mol. The second-order valence-electron chi connectivity index (χ2n) is 5.95. The van der Waals surface area contributed by atoms with E-state index in [1.165, 1.54) is 0 Å². The summed E-state index contributed by atoms with van der Waals surface area (Å²) in [5, 5.41) is 3.06. The zero-order valence-corrected chi connectivity index (χ0v) is 13.3. The first kappa shape index (κ1) is 16.2. The molecule has 0 aliphatic heterocycles. The van der Waals surface area contributed by atoms with E-state index in [4.69, 9.17) is 5.73 Å². The standard InChI is InChI=1S/C19H24N2O/c1-14(2)12-16(13-20)21-19(22)18-11-7-6-10-17(18)15-8-4-3-5-9-15/h3-11,14,16H,12-13,20H2,1-2H3,(H,21,22)/t16-/m0/s1. The van der Waals surface area contributed by atoms with Crippen molar-refractivity contribution in [2.75, 3.05) is 6.54 Å². The molecule has 0 aliphatic carbocycles. The quantitative estimate of drug-likeness (QED) is 0.857. The van der Waals surface area contributed by atoms with Gasteiger partial charge < -0.3 is 11.1 Å². The van der Waals surface area contributed by atoms with E-state index in [1.54, 1.807) is 0 Å². The van der Waals surface area contributed by atoms with Gasteiger partial charge in [0.25, 0.3) is 5.91 Å². The van der Waals surface area contributed by atoms with Crippen LogP contribution in [0, 0.1) is 5.92 Å². The molecule has 0 aromatic heterocycles. The average molecular weight is 296 g/mol. The highest BCUT2D eigenvalue weighted by Gasteiger charge is 2.16. The van der Waals surface area contributed by atoms with Crippen molar-refractivity contribution < 1.29 is 4.79 Å². The fraction of sp³-hybridized carbons (Fsp3) is 0.316. The number of nitrogens with one attached hydrogen (secondary N) is 1. The minimum atomic E-state index is -0.0597. The van der Waals surface area contributed by atoms with Crippen molar-refractivity contribution in [1.29, 1.82) is 0 Å². The Morgan fingerprint density at radius 1 is 1.05 bits per heavy atom. The molecule has 3 heteroatoms. The summed E-state index contributed by atoms with van der Waals surface area (Å²) in [5.41, 5.74) is 8.46. The number of rotatable bonds is 6. The van der Waals surface area contributed by atoms with Crippen LogP contribution >= 0.6 is 0 Å². The third-order valence-corrected chi connectivity index (χ3v) is 3.63. The predicted molar refractivity (Wildman–Crippen MR) is 91.6 cm³/mol. The molecule has 0 radical (unpaired) electrons. The molecule has 22 heavy (non-hydrogen) atoms. The van der Waals surface area contributed by atoms with Crippen LogP contribution in [0.15, 0.2) is 54.6 Å². The van der Waals surface area contributed by atoms with Crippen molar-refractivity contribution >= 4 is 5.91 Å². The van der Waals surface area contributed by atoms with E-state index in [0.717, 1.165) is 17.5 Å². The van der Waals surface area contributed by atoms with Gasteiger partial charge in [0.1, 0.15) is 0 Å².